The molecule has 1 aromatic rings. The second kappa shape index (κ2) is 4.17. The van der Waals surface area contributed by atoms with Crippen molar-refractivity contribution in [2.75, 3.05) is 6.54 Å². The molecule has 0 bridgehead atoms. The maximum atomic E-state index is 10.9. The van der Waals surface area contributed by atoms with Gasteiger partial charge in [0.1, 0.15) is 0 Å². The van der Waals surface area contributed by atoms with Crippen molar-refractivity contribution in [1.82, 2.24) is 4.98 Å². The number of aromatic carboxylic acids is 1. The minimum Gasteiger partial charge on any atom is -0.478 e. The standard InChI is InChI=1S/C9H13N3O2/c1-5-2-3-12-8(6(11)4-10)7(5)9(13)14/h2-3,6H,4,10-11H2,1H3,(H,13,14)/t6-/m1/s1. The quantitative estimate of drug-likeness (QED) is 0.632. The summed E-state index contributed by atoms with van der Waals surface area (Å²) in [5, 5.41) is 8.95. The van der Waals surface area contributed by atoms with Gasteiger partial charge in [-0.3, -0.25) is 4.98 Å². The molecule has 1 aromatic heterocycles. The summed E-state index contributed by atoms with van der Waals surface area (Å²) in [6.07, 6.45) is 1.53. The fourth-order valence-corrected chi connectivity index (χ4v) is 1.25. The van der Waals surface area contributed by atoms with Gasteiger partial charge < -0.3 is 16.6 Å². The third-order valence-corrected chi connectivity index (χ3v) is 2.01. The zero-order chi connectivity index (χ0) is 10.7. The molecule has 0 amide bonds. The Morgan fingerprint density at radius 2 is 2.36 bits per heavy atom. The lowest BCUT2D eigenvalue weighted by Gasteiger charge is -2.12. The lowest BCUT2D eigenvalue weighted by atomic mass is 10.0. The number of nitrogens with two attached hydrogens (primary N) is 2. The third kappa shape index (κ3) is 1.89. The molecule has 0 saturated carbocycles. The molecule has 5 heteroatoms. The highest BCUT2D eigenvalue weighted by atomic mass is 16.4. The molecule has 0 aromatic carbocycles. The molecule has 0 aliphatic carbocycles. The number of carbonyl (C=O) groups is 1. The Morgan fingerprint density at radius 3 is 2.86 bits per heavy atom. The fourth-order valence-electron chi connectivity index (χ4n) is 1.25. The van der Waals surface area contributed by atoms with Crippen LogP contribution < -0.4 is 11.5 Å². The Labute approximate surface area is 81.7 Å². The molecule has 0 saturated heterocycles. The van der Waals surface area contributed by atoms with Gasteiger partial charge in [-0.2, -0.15) is 0 Å². The molecule has 0 aliphatic rings. The molecule has 0 unspecified atom stereocenters. The molecule has 14 heavy (non-hydrogen) atoms. The van der Waals surface area contributed by atoms with Gasteiger partial charge in [-0.25, -0.2) is 4.79 Å². The predicted molar refractivity (Wildman–Crippen MR) is 51.9 cm³/mol. The van der Waals surface area contributed by atoms with E-state index in [2.05, 4.69) is 4.98 Å². The summed E-state index contributed by atoms with van der Waals surface area (Å²) >= 11 is 0. The Hall–Kier alpha value is -1.46. The van der Waals surface area contributed by atoms with Crippen LogP contribution in [0, 0.1) is 6.92 Å². The van der Waals surface area contributed by atoms with Gasteiger partial charge in [0.2, 0.25) is 0 Å². The molecule has 1 rings (SSSR count). The lowest BCUT2D eigenvalue weighted by Crippen LogP contribution is -2.25. The Bertz CT molecular complexity index is 352. The van der Waals surface area contributed by atoms with E-state index in [-0.39, 0.29) is 12.1 Å². The SMILES string of the molecule is Cc1ccnc([C@H](N)CN)c1C(=O)O. The van der Waals surface area contributed by atoms with Gasteiger partial charge >= 0.3 is 5.97 Å². The van der Waals surface area contributed by atoms with Crippen LogP contribution in [-0.4, -0.2) is 22.6 Å². The van der Waals surface area contributed by atoms with E-state index in [9.17, 15) is 4.79 Å². The van der Waals surface area contributed by atoms with Crippen LogP contribution in [0.5, 0.6) is 0 Å². The molecule has 0 fully saturated rings. The molecule has 76 valence electrons. The zero-order valence-electron chi connectivity index (χ0n) is 7.90. The predicted octanol–water partition coefficient (Wildman–Crippen LogP) is 0.0467. The highest BCUT2D eigenvalue weighted by Gasteiger charge is 2.18. The normalized spacial score (nSPS) is 12.5. The first-order valence-corrected chi connectivity index (χ1v) is 4.22. The van der Waals surface area contributed by atoms with E-state index in [0.717, 1.165) is 0 Å². The van der Waals surface area contributed by atoms with Crippen molar-refractivity contribution in [3.63, 3.8) is 0 Å². The van der Waals surface area contributed by atoms with E-state index in [1.165, 1.54) is 6.20 Å². The number of hydrogen-bond donors (Lipinski definition) is 3. The van der Waals surface area contributed by atoms with Gasteiger partial charge in [0.25, 0.3) is 0 Å². The molecule has 0 radical (unpaired) electrons. The fraction of sp³-hybridized carbons (Fsp3) is 0.333. The molecular formula is C9H13N3O2. The summed E-state index contributed by atoms with van der Waals surface area (Å²) in [5.41, 5.74) is 12.2. The molecule has 0 aliphatic heterocycles. The monoisotopic (exact) mass is 195 g/mol. The van der Waals surface area contributed by atoms with Crippen LogP contribution in [0.3, 0.4) is 0 Å². The van der Waals surface area contributed by atoms with E-state index >= 15 is 0 Å². The number of aryl methyl sites for hydroxylation is 1. The second-order valence-corrected chi connectivity index (χ2v) is 3.04. The van der Waals surface area contributed by atoms with Crippen molar-refractivity contribution in [3.8, 4) is 0 Å². The zero-order valence-corrected chi connectivity index (χ0v) is 7.90. The number of carboxylic acids is 1. The van der Waals surface area contributed by atoms with Crippen molar-refractivity contribution in [3.05, 3.63) is 29.1 Å². The van der Waals surface area contributed by atoms with Crippen LogP contribution in [-0.2, 0) is 0 Å². The van der Waals surface area contributed by atoms with E-state index in [1.54, 1.807) is 13.0 Å². The molecular weight excluding hydrogens is 182 g/mol. The minimum absolute atomic E-state index is 0.158. The van der Waals surface area contributed by atoms with E-state index < -0.39 is 12.0 Å². The molecule has 1 atom stereocenters. The van der Waals surface area contributed by atoms with Gasteiger partial charge in [-0.05, 0) is 18.6 Å². The topological polar surface area (TPSA) is 102 Å². The van der Waals surface area contributed by atoms with E-state index in [4.69, 9.17) is 16.6 Å². The number of aromatic nitrogens is 1. The van der Waals surface area contributed by atoms with Crippen LogP contribution in [0.25, 0.3) is 0 Å². The van der Waals surface area contributed by atoms with Crippen LogP contribution in [0.1, 0.15) is 27.7 Å². The Balaban J connectivity index is 3.28. The third-order valence-electron chi connectivity index (χ3n) is 2.01. The van der Waals surface area contributed by atoms with Crippen LogP contribution >= 0.6 is 0 Å². The summed E-state index contributed by atoms with van der Waals surface area (Å²) in [7, 11) is 0. The van der Waals surface area contributed by atoms with Gasteiger partial charge in [0, 0.05) is 12.7 Å². The first-order chi connectivity index (χ1) is 6.57. The smallest absolute Gasteiger partial charge is 0.337 e. The second-order valence-electron chi connectivity index (χ2n) is 3.04. The van der Waals surface area contributed by atoms with Crippen LogP contribution in [0.15, 0.2) is 12.3 Å². The summed E-state index contributed by atoms with van der Waals surface area (Å²) in [4.78, 5) is 14.9. The number of hydrogen-bond acceptors (Lipinski definition) is 4. The summed E-state index contributed by atoms with van der Waals surface area (Å²) in [6, 6.07) is 1.11. The van der Waals surface area contributed by atoms with E-state index in [1.807, 2.05) is 0 Å². The van der Waals surface area contributed by atoms with Gasteiger partial charge in [0.15, 0.2) is 0 Å². The van der Waals surface area contributed by atoms with Crippen molar-refractivity contribution < 1.29 is 9.90 Å². The first-order valence-electron chi connectivity index (χ1n) is 4.22. The number of nitrogens with zero attached hydrogens (tertiary/aromatic N) is 1. The van der Waals surface area contributed by atoms with Gasteiger partial charge in [-0.1, -0.05) is 0 Å². The summed E-state index contributed by atoms with van der Waals surface area (Å²) < 4.78 is 0. The highest BCUT2D eigenvalue weighted by Crippen LogP contribution is 2.16. The lowest BCUT2D eigenvalue weighted by molar-refractivity contribution is 0.0693. The molecule has 5 nitrogen and oxygen atoms in total. The first kappa shape index (κ1) is 10.6. The largest absolute Gasteiger partial charge is 0.478 e. The maximum Gasteiger partial charge on any atom is 0.337 e. The minimum atomic E-state index is -1.02. The Kier molecular flexibility index (Phi) is 3.16. The van der Waals surface area contributed by atoms with Gasteiger partial charge in [-0.15, -0.1) is 0 Å². The summed E-state index contributed by atoms with van der Waals surface area (Å²) in [5.74, 6) is -1.02. The molecule has 1 heterocycles. The Morgan fingerprint density at radius 1 is 1.71 bits per heavy atom. The number of rotatable bonds is 3. The average Bonchev–Trinajstić information content (AvgIpc) is 2.15. The van der Waals surface area contributed by atoms with Crippen molar-refractivity contribution in [2.45, 2.75) is 13.0 Å². The summed E-state index contributed by atoms with van der Waals surface area (Å²) in [6.45, 7) is 1.88. The van der Waals surface area contributed by atoms with Crippen molar-refractivity contribution in [1.29, 1.82) is 0 Å². The highest BCUT2D eigenvalue weighted by molar-refractivity contribution is 5.90. The molecule has 0 spiro atoms. The molecule has 5 N–H and O–H groups in total. The number of pyridine rings is 1. The van der Waals surface area contributed by atoms with E-state index in [0.29, 0.717) is 11.3 Å². The van der Waals surface area contributed by atoms with Crippen LogP contribution in [0.2, 0.25) is 0 Å². The maximum absolute atomic E-state index is 10.9. The van der Waals surface area contributed by atoms with Crippen molar-refractivity contribution >= 4 is 5.97 Å². The number of carboxylic acid groups (broad SMARTS) is 1. The van der Waals surface area contributed by atoms with Crippen LogP contribution in [0.4, 0.5) is 0 Å². The van der Waals surface area contributed by atoms with Gasteiger partial charge in [0.05, 0.1) is 17.3 Å². The average molecular weight is 195 g/mol. The van der Waals surface area contributed by atoms with Crippen molar-refractivity contribution in [2.24, 2.45) is 11.5 Å².